The van der Waals surface area contributed by atoms with E-state index in [1.165, 1.54) is 6.42 Å². The van der Waals surface area contributed by atoms with Gasteiger partial charge in [-0.2, -0.15) is 0 Å². The number of hydrogen-bond acceptors (Lipinski definition) is 4. The topological polar surface area (TPSA) is 70.7 Å². The van der Waals surface area contributed by atoms with Gasteiger partial charge in [-0.1, -0.05) is 26.7 Å². The van der Waals surface area contributed by atoms with E-state index < -0.39 is 0 Å². The van der Waals surface area contributed by atoms with Crippen molar-refractivity contribution < 1.29 is 14.3 Å². The Morgan fingerprint density at radius 3 is 2.55 bits per heavy atom. The van der Waals surface area contributed by atoms with Gasteiger partial charge < -0.3 is 20.3 Å². The van der Waals surface area contributed by atoms with Crippen molar-refractivity contribution in [2.75, 3.05) is 43.1 Å². The summed E-state index contributed by atoms with van der Waals surface area (Å²) in [5.41, 5.74) is 2.29. The van der Waals surface area contributed by atoms with Crippen LogP contribution in [0.15, 0.2) is 18.2 Å². The zero-order valence-corrected chi connectivity index (χ0v) is 19.7. The maximum absolute atomic E-state index is 13.0. The van der Waals surface area contributed by atoms with Crippen molar-refractivity contribution in [1.82, 2.24) is 5.32 Å². The molecule has 0 aliphatic carbocycles. The average molecular weight is 432 g/mol. The second-order valence-electron chi connectivity index (χ2n) is 8.32. The maximum atomic E-state index is 13.0. The van der Waals surface area contributed by atoms with E-state index in [0.717, 1.165) is 63.7 Å². The first-order valence-electron chi connectivity index (χ1n) is 12.2. The molecule has 1 aliphatic heterocycles. The Balaban J connectivity index is 2.14. The van der Waals surface area contributed by atoms with Crippen LogP contribution < -0.4 is 15.5 Å². The molecule has 6 nitrogen and oxygen atoms in total. The largest absolute Gasteiger partial charge is 0.382 e. The molecule has 1 heterocycles. The van der Waals surface area contributed by atoms with Crippen LogP contribution in [0.2, 0.25) is 0 Å². The van der Waals surface area contributed by atoms with Crippen LogP contribution in [0.4, 0.5) is 11.4 Å². The number of unbranched alkanes of at least 4 members (excludes halogenated alkanes) is 1. The summed E-state index contributed by atoms with van der Waals surface area (Å²) in [6.07, 6.45) is 8.16. The predicted octanol–water partition coefficient (Wildman–Crippen LogP) is 4.99. The second-order valence-corrected chi connectivity index (χ2v) is 8.32. The van der Waals surface area contributed by atoms with Gasteiger partial charge in [0, 0.05) is 50.1 Å². The van der Waals surface area contributed by atoms with Crippen molar-refractivity contribution in [3.63, 3.8) is 0 Å². The zero-order chi connectivity index (χ0) is 22.5. The highest BCUT2D eigenvalue weighted by Crippen LogP contribution is 2.28. The van der Waals surface area contributed by atoms with E-state index in [2.05, 4.69) is 29.4 Å². The third-order valence-corrected chi connectivity index (χ3v) is 5.93. The minimum absolute atomic E-state index is 0.0116. The van der Waals surface area contributed by atoms with Gasteiger partial charge >= 0.3 is 0 Å². The van der Waals surface area contributed by atoms with E-state index in [-0.39, 0.29) is 17.7 Å². The Bertz CT molecular complexity index is 687. The van der Waals surface area contributed by atoms with Gasteiger partial charge in [0.25, 0.3) is 5.91 Å². The molecule has 0 saturated carbocycles. The van der Waals surface area contributed by atoms with Crippen molar-refractivity contribution in [3.05, 3.63) is 23.8 Å². The third kappa shape index (κ3) is 8.17. The van der Waals surface area contributed by atoms with E-state index in [4.69, 9.17) is 4.74 Å². The van der Waals surface area contributed by atoms with E-state index >= 15 is 0 Å². The van der Waals surface area contributed by atoms with Crippen LogP contribution in [-0.2, 0) is 9.53 Å². The van der Waals surface area contributed by atoms with Gasteiger partial charge in [-0.05, 0) is 63.6 Å². The van der Waals surface area contributed by atoms with Crippen LogP contribution in [-0.4, -0.2) is 44.7 Å². The van der Waals surface area contributed by atoms with E-state index in [9.17, 15) is 9.59 Å². The number of nitrogens with one attached hydrogen (secondary N) is 2. The first kappa shape index (κ1) is 25.2. The summed E-state index contributed by atoms with van der Waals surface area (Å²) in [7, 11) is 0. The van der Waals surface area contributed by atoms with Gasteiger partial charge in [-0.15, -0.1) is 0 Å². The molecule has 0 unspecified atom stereocenters. The minimum Gasteiger partial charge on any atom is -0.382 e. The number of carbonyl (C=O) groups is 2. The van der Waals surface area contributed by atoms with Gasteiger partial charge in [-0.3, -0.25) is 9.59 Å². The van der Waals surface area contributed by atoms with E-state index in [1.807, 2.05) is 25.1 Å². The number of benzene rings is 1. The lowest BCUT2D eigenvalue weighted by atomic mass is 9.98. The summed E-state index contributed by atoms with van der Waals surface area (Å²) in [6.45, 7) is 9.99. The zero-order valence-electron chi connectivity index (χ0n) is 19.7. The van der Waals surface area contributed by atoms with Crippen molar-refractivity contribution in [2.45, 2.75) is 72.1 Å². The summed E-state index contributed by atoms with van der Waals surface area (Å²) < 4.78 is 5.36. The molecule has 0 spiro atoms. The smallest absolute Gasteiger partial charge is 0.253 e. The summed E-state index contributed by atoms with van der Waals surface area (Å²) in [6, 6.07) is 5.76. The number of carbonyl (C=O) groups excluding carboxylic acids is 2. The number of rotatable bonds is 13. The summed E-state index contributed by atoms with van der Waals surface area (Å²) >= 11 is 0. The normalized spacial score (nSPS) is 14.9. The third-order valence-electron chi connectivity index (χ3n) is 5.93. The molecule has 2 amide bonds. The lowest BCUT2D eigenvalue weighted by Crippen LogP contribution is -2.33. The monoisotopic (exact) mass is 431 g/mol. The number of ether oxygens (including phenoxy) is 1. The SMILES string of the molecule is CCCC[C@H](CC)C(=O)Nc1ccc(N2CCCCC2)c(C(=O)NCCCOCC)c1. The standard InChI is InChI=1S/C25H41N3O3/c1-4-7-12-20(5-2)24(29)27-21-13-14-23(28-16-9-8-10-17-28)22(19-21)25(30)26-15-11-18-31-6-3/h13-14,19-20H,4-12,15-18H2,1-3H3,(H,26,30)(H,27,29)/t20-/m0/s1. The highest BCUT2D eigenvalue weighted by molar-refractivity contribution is 6.02. The van der Waals surface area contributed by atoms with E-state index in [1.54, 1.807) is 0 Å². The molecule has 1 saturated heterocycles. The van der Waals surface area contributed by atoms with E-state index in [0.29, 0.717) is 31.0 Å². The highest BCUT2D eigenvalue weighted by Gasteiger charge is 2.21. The molecule has 0 aromatic heterocycles. The fourth-order valence-electron chi connectivity index (χ4n) is 4.04. The molecule has 1 aliphatic rings. The van der Waals surface area contributed by atoms with Gasteiger partial charge in [0.1, 0.15) is 0 Å². The molecule has 2 rings (SSSR count). The van der Waals surface area contributed by atoms with Crippen molar-refractivity contribution in [2.24, 2.45) is 5.92 Å². The Morgan fingerprint density at radius 2 is 1.87 bits per heavy atom. The number of nitrogens with zero attached hydrogens (tertiary/aromatic N) is 1. The van der Waals surface area contributed by atoms with Crippen molar-refractivity contribution in [1.29, 1.82) is 0 Å². The molecule has 31 heavy (non-hydrogen) atoms. The molecule has 1 aromatic rings. The average Bonchev–Trinajstić information content (AvgIpc) is 2.80. The molecule has 0 bridgehead atoms. The summed E-state index contributed by atoms with van der Waals surface area (Å²) in [5.74, 6) is -0.0338. The second kappa shape index (κ2) is 14.1. The Hall–Kier alpha value is -2.08. The Labute approximate surface area is 188 Å². The maximum Gasteiger partial charge on any atom is 0.253 e. The van der Waals surface area contributed by atoms with Gasteiger partial charge in [0.05, 0.1) is 5.56 Å². The van der Waals surface area contributed by atoms with Crippen LogP contribution in [0.5, 0.6) is 0 Å². The number of amides is 2. The quantitative estimate of drug-likeness (QED) is 0.432. The fourth-order valence-corrected chi connectivity index (χ4v) is 4.04. The lowest BCUT2D eigenvalue weighted by molar-refractivity contribution is -0.120. The van der Waals surface area contributed by atoms with Crippen molar-refractivity contribution in [3.8, 4) is 0 Å². The molecule has 1 aromatic carbocycles. The first-order valence-corrected chi connectivity index (χ1v) is 12.2. The summed E-state index contributed by atoms with van der Waals surface area (Å²) in [5, 5.41) is 6.08. The van der Waals surface area contributed by atoms with Gasteiger partial charge in [-0.25, -0.2) is 0 Å². The molecule has 1 fully saturated rings. The minimum atomic E-state index is -0.0915. The number of anilines is 2. The van der Waals surface area contributed by atoms with Crippen LogP contribution in [0, 0.1) is 5.92 Å². The Kier molecular flexibility index (Phi) is 11.4. The number of hydrogen-bond donors (Lipinski definition) is 2. The van der Waals surface area contributed by atoms with Gasteiger partial charge in [0.2, 0.25) is 5.91 Å². The Morgan fingerprint density at radius 1 is 1.10 bits per heavy atom. The lowest BCUT2D eigenvalue weighted by Gasteiger charge is -2.30. The molecule has 2 N–H and O–H groups in total. The van der Waals surface area contributed by atoms with Crippen LogP contribution >= 0.6 is 0 Å². The first-order chi connectivity index (χ1) is 15.1. The number of piperidine rings is 1. The van der Waals surface area contributed by atoms with Crippen LogP contribution in [0.25, 0.3) is 0 Å². The van der Waals surface area contributed by atoms with Crippen LogP contribution in [0.3, 0.4) is 0 Å². The molecular weight excluding hydrogens is 390 g/mol. The molecule has 174 valence electrons. The molecular formula is C25H41N3O3. The molecule has 0 radical (unpaired) electrons. The highest BCUT2D eigenvalue weighted by atomic mass is 16.5. The summed E-state index contributed by atoms with van der Waals surface area (Å²) in [4.78, 5) is 28.1. The van der Waals surface area contributed by atoms with Crippen molar-refractivity contribution >= 4 is 23.2 Å². The molecule has 1 atom stereocenters. The fraction of sp³-hybridized carbons (Fsp3) is 0.680. The predicted molar refractivity (Wildman–Crippen MR) is 128 cm³/mol. The molecule has 6 heteroatoms. The van der Waals surface area contributed by atoms with Gasteiger partial charge in [0.15, 0.2) is 0 Å². The van der Waals surface area contributed by atoms with Crippen LogP contribution in [0.1, 0.15) is 82.5 Å².